The first-order valence-electron chi connectivity index (χ1n) is 6.84. The van der Waals surface area contributed by atoms with Crippen molar-refractivity contribution in [1.29, 1.82) is 0 Å². The molecule has 0 N–H and O–H groups in total. The SMILES string of the molecule is CC(C)(C)/[N+]([O-])=C\CCCCCc1ccccc1. The van der Waals surface area contributed by atoms with Crippen LogP contribution in [0.4, 0.5) is 0 Å². The molecule has 0 bridgehead atoms. The molecule has 0 spiro atoms. The van der Waals surface area contributed by atoms with Gasteiger partial charge in [0, 0.05) is 27.2 Å². The van der Waals surface area contributed by atoms with Crippen molar-refractivity contribution >= 4 is 6.21 Å². The predicted octanol–water partition coefficient (Wildman–Crippen LogP) is 4.17. The number of nitrogens with zero attached hydrogens (tertiary/aromatic N) is 1. The second kappa shape index (κ2) is 7.20. The van der Waals surface area contributed by atoms with Gasteiger partial charge in [-0.3, -0.25) is 0 Å². The van der Waals surface area contributed by atoms with Crippen molar-refractivity contribution in [1.82, 2.24) is 0 Å². The highest BCUT2D eigenvalue weighted by Gasteiger charge is 2.17. The molecule has 1 aromatic rings. The lowest BCUT2D eigenvalue weighted by molar-refractivity contribution is -0.532. The minimum absolute atomic E-state index is 0.302. The van der Waals surface area contributed by atoms with E-state index in [4.69, 9.17) is 0 Å². The minimum Gasteiger partial charge on any atom is -0.624 e. The molecule has 0 aliphatic heterocycles. The van der Waals surface area contributed by atoms with E-state index in [1.54, 1.807) is 6.21 Å². The molecule has 0 aliphatic rings. The molecule has 0 radical (unpaired) electrons. The van der Waals surface area contributed by atoms with Crippen LogP contribution >= 0.6 is 0 Å². The Kier molecular flexibility index (Phi) is 5.90. The lowest BCUT2D eigenvalue weighted by Crippen LogP contribution is -2.29. The van der Waals surface area contributed by atoms with Crippen LogP contribution in [0.3, 0.4) is 0 Å². The van der Waals surface area contributed by atoms with Crippen LogP contribution in [-0.4, -0.2) is 16.5 Å². The van der Waals surface area contributed by atoms with Gasteiger partial charge in [0.05, 0.1) is 0 Å². The molecule has 0 atom stereocenters. The van der Waals surface area contributed by atoms with Crippen molar-refractivity contribution < 1.29 is 4.74 Å². The molecular weight excluding hydrogens is 222 g/mol. The molecule has 0 fully saturated rings. The fourth-order valence-electron chi connectivity index (χ4n) is 1.78. The Morgan fingerprint density at radius 1 is 1.06 bits per heavy atom. The first-order chi connectivity index (χ1) is 8.50. The summed E-state index contributed by atoms with van der Waals surface area (Å²) in [6.45, 7) is 5.81. The molecule has 18 heavy (non-hydrogen) atoms. The summed E-state index contributed by atoms with van der Waals surface area (Å²) in [4.78, 5) is 0. The minimum atomic E-state index is -0.302. The zero-order valence-electron chi connectivity index (χ0n) is 11.9. The zero-order chi connectivity index (χ0) is 13.4. The van der Waals surface area contributed by atoms with Crippen molar-refractivity contribution in [2.45, 2.75) is 58.4 Å². The van der Waals surface area contributed by atoms with E-state index in [2.05, 4.69) is 24.3 Å². The van der Waals surface area contributed by atoms with E-state index in [1.807, 2.05) is 26.8 Å². The quantitative estimate of drug-likeness (QED) is 0.243. The monoisotopic (exact) mass is 247 g/mol. The van der Waals surface area contributed by atoms with Gasteiger partial charge in [0.1, 0.15) is 0 Å². The van der Waals surface area contributed by atoms with Crippen LogP contribution in [0.2, 0.25) is 0 Å². The van der Waals surface area contributed by atoms with E-state index in [-0.39, 0.29) is 5.54 Å². The van der Waals surface area contributed by atoms with Crippen molar-refractivity contribution in [2.75, 3.05) is 0 Å². The van der Waals surface area contributed by atoms with E-state index in [1.165, 1.54) is 18.4 Å². The summed E-state index contributed by atoms with van der Waals surface area (Å²) >= 11 is 0. The molecule has 0 saturated carbocycles. The summed E-state index contributed by atoms with van der Waals surface area (Å²) in [5, 5.41) is 11.6. The maximum Gasteiger partial charge on any atom is 0.164 e. The second-order valence-corrected chi connectivity index (χ2v) is 5.76. The number of rotatable bonds is 6. The molecule has 0 saturated heterocycles. The van der Waals surface area contributed by atoms with Crippen LogP contribution in [0.15, 0.2) is 30.3 Å². The smallest absolute Gasteiger partial charge is 0.164 e. The van der Waals surface area contributed by atoms with Gasteiger partial charge in [0.15, 0.2) is 11.8 Å². The van der Waals surface area contributed by atoms with Crippen LogP contribution in [0.5, 0.6) is 0 Å². The standard InChI is InChI=1S/C16H25NO/c1-16(2,3)17(18)14-10-5-4-7-11-15-12-8-6-9-13-15/h6,8-9,12-14H,4-5,7,10-11H2,1-3H3/b17-14+. The molecule has 0 aromatic heterocycles. The van der Waals surface area contributed by atoms with Crippen LogP contribution < -0.4 is 0 Å². The number of hydrogen-bond donors (Lipinski definition) is 0. The first kappa shape index (κ1) is 14.7. The van der Waals surface area contributed by atoms with E-state index in [9.17, 15) is 5.21 Å². The van der Waals surface area contributed by atoms with Gasteiger partial charge in [-0.15, -0.1) is 0 Å². The largest absolute Gasteiger partial charge is 0.624 e. The van der Waals surface area contributed by atoms with Crippen LogP contribution in [0, 0.1) is 5.21 Å². The molecule has 0 aliphatic carbocycles. The third-order valence-electron chi connectivity index (χ3n) is 2.97. The van der Waals surface area contributed by atoms with Gasteiger partial charge in [-0.25, -0.2) is 4.74 Å². The Morgan fingerprint density at radius 3 is 2.33 bits per heavy atom. The summed E-state index contributed by atoms with van der Waals surface area (Å²) in [5.41, 5.74) is 1.10. The summed E-state index contributed by atoms with van der Waals surface area (Å²) < 4.78 is 1.07. The fraction of sp³-hybridized carbons (Fsp3) is 0.562. The molecular formula is C16H25NO. The number of hydrogen-bond acceptors (Lipinski definition) is 1. The van der Waals surface area contributed by atoms with Crippen molar-refractivity contribution in [3.8, 4) is 0 Å². The van der Waals surface area contributed by atoms with Gasteiger partial charge in [0.25, 0.3) is 0 Å². The Bertz CT molecular complexity index is 362. The average molecular weight is 247 g/mol. The maximum absolute atomic E-state index is 11.6. The Balaban J connectivity index is 2.13. The third kappa shape index (κ3) is 5.85. The van der Waals surface area contributed by atoms with Gasteiger partial charge in [0.2, 0.25) is 0 Å². The maximum atomic E-state index is 11.6. The van der Waals surface area contributed by atoms with Crippen LogP contribution in [0.25, 0.3) is 0 Å². The molecule has 1 rings (SSSR count). The highest BCUT2D eigenvalue weighted by Crippen LogP contribution is 2.08. The van der Waals surface area contributed by atoms with Crippen LogP contribution in [0.1, 0.15) is 52.0 Å². The topological polar surface area (TPSA) is 26.1 Å². The second-order valence-electron chi connectivity index (χ2n) is 5.76. The van der Waals surface area contributed by atoms with Gasteiger partial charge in [-0.1, -0.05) is 36.8 Å². The van der Waals surface area contributed by atoms with Crippen molar-refractivity contribution in [3.05, 3.63) is 41.1 Å². The summed E-state index contributed by atoms with van der Waals surface area (Å²) in [7, 11) is 0. The number of aryl methyl sites for hydroxylation is 1. The van der Waals surface area contributed by atoms with Gasteiger partial charge < -0.3 is 5.21 Å². The van der Waals surface area contributed by atoms with E-state index >= 15 is 0 Å². The first-order valence-corrected chi connectivity index (χ1v) is 6.84. The summed E-state index contributed by atoms with van der Waals surface area (Å²) in [5.74, 6) is 0. The summed E-state index contributed by atoms with van der Waals surface area (Å²) in [6.07, 6.45) is 7.29. The molecule has 0 heterocycles. The third-order valence-corrected chi connectivity index (χ3v) is 2.97. The number of unbranched alkanes of at least 4 members (excludes halogenated alkanes) is 3. The highest BCUT2D eigenvalue weighted by molar-refractivity contribution is 5.51. The number of benzene rings is 1. The number of hydroxylamine groups is 1. The lowest BCUT2D eigenvalue weighted by atomic mass is 10.1. The summed E-state index contributed by atoms with van der Waals surface area (Å²) in [6, 6.07) is 10.6. The van der Waals surface area contributed by atoms with Crippen LogP contribution in [-0.2, 0) is 6.42 Å². The molecule has 2 nitrogen and oxygen atoms in total. The molecule has 0 amide bonds. The molecule has 2 heteroatoms. The fourth-order valence-corrected chi connectivity index (χ4v) is 1.78. The van der Waals surface area contributed by atoms with E-state index in [0.717, 1.165) is 24.0 Å². The Labute approximate surface area is 111 Å². The van der Waals surface area contributed by atoms with E-state index in [0.29, 0.717) is 0 Å². The predicted molar refractivity (Wildman–Crippen MR) is 78.1 cm³/mol. The Morgan fingerprint density at radius 2 is 1.72 bits per heavy atom. The molecule has 100 valence electrons. The highest BCUT2D eigenvalue weighted by atomic mass is 16.5. The van der Waals surface area contributed by atoms with Gasteiger partial charge in [-0.2, -0.15) is 0 Å². The van der Waals surface area contributed by atoms with Gasteiger partial charge >= 0.3 is 0 Å². The Hall–Kier alpha value is -1.31. The van der Waals surface area contributed by atoms with Crippen molar-refractivity contribution in [3.63, 3.8) is 0 Å². The normalized spacial score (nSPS) is 12.7. The van der Waals surface area contributed by atoms with Gasteiger partial charge in [-0.05, 0) is 24.8 Å². The molecule has 1 aromatic carbocycles. The molecule has 0 unspecified atom stereocenters. The van der Waals surface area contributed by atoms with Crippen molar-refractivity contribution in [2.24, 2.45) is 0 Å². The van der Waals surface area contributed by atoms with E-state index < -0.39 is 0 Å². The average Bonchev–Trinajstić information content (AvgIpc) is 2.33. The lowest BCUT2D eigenvalue weighted by Gasteiger charge is -2.18. The zero-order valence-corrected chi connectivity index (χ0v) is 11.9.